The van der Waals surface area contributed by atoms with Gasteiger partial charge in [0.1, 0.15) is 6.61 Å². The van der Waals surface area contributed by atoms with E-state index in [4.69, 9.17) is 14.9 Å². The molecule has 0 amide bonds. The highest BCUT2D eigenvalue weighted by molar-refractivity contribution is 5.81. The number of aliphatic hydroxyl groups excluding tert-OH is 2. The van der Waals surface area contributed by atoms with Gasteiger partial charge in [0.2, 0.25) is 0 Å². The Morgan fingerprint density at radius 2 is 2.00 bits per heavy atom. The first-order valence-electron chi connectivity index (χ1n) is 5.22. The van der Waals surface area contributed by atoms with Gasteiger partial charge in [-0.2, -0.15) is 0 Å². The SMILES string of the molecule is C1CO1.C=CC(=O)OCC(CC)(CO)CO. The molecule has 1 aliphatic rings. The molecule has 1 rings (SSSR count). The molecule has 0 aliphatic carbocycles. The van der Waals surface area contributed by atoms with E-state index in [1.165, 1.54) is 0 Å². The number of esters is 1. The Balaban J connectivity index is 0.000000635. The van der Waals surface area contributed by atoms with Crippen molar-refractivity contribution in [1.82, 2.24) is 0 Å². The summed E-state index contributed by atoms with van der Waals surface area (Å²) in [7, 11) is 0. The summed E-state index contributed by atoms with van der Waals surface area (Å²) in [5, 5.41) is 18.0. The molecule has 2 N–H and O–H groups in total. The number of carbonyl (C=O) groups is 1. The molecule has 0 radical (unpaired) electrons. The fourth-order valence-corrected chi connectivity index (χ4v) is 0.750. The van der Waals surface area contributed by atoms with Gasteiger partial charge in [-0.05, 0) is 6.42 Å². The zero-order valence-electron chi connectivity index (χ0n) is 9.65. The summed E-state index contributed by atoms with van der Waals surface area (Å²) in [4.78, 5) is 10.7. The molecule has 0 aromatic rings. The molecule has 0 aromatic carbocycles. The van der Waals surface area contributed by atoms with Crippen LogP contribution in [0.3, 0.4) is 0 Å². The minimum atomic E-state index is -0.724. The van der Waals surface area contributed by atoms with Gasteiger partial charge in [0.05, 0.1) is 31.8 Å². The molecule has 0 bridgehead atoms. The largest absolute Gasteiger partial charge is 0.462 e. The molecule has 0 atom stereocenters. The molecule has 1 heterocycles. The number of ether oxygens (including phenoxy) is 2. The first-order valence-corrected chi connectivity index (χ1v) is 5.22. The summed E-state index contributed by atoms with van der Waals surface area (Å²) >= 11 is 0. The van der Waals surface area contributed by atoms with E-state index in [9.17, 15) is 4.79 Å². The zero-order chi connectivity index (χ0) is 12.4. The molecule has 5 heteroatoms. The molecule has 1 fully saturated rings. The highest BCUT2D eigenvalue weighted by atomic mass is 16.6. The number of hydrogen-bond donors (Lipinski definition) is 2. The van der Waals surface area contributed by atoms with E-state index in [1.807, 2.05) is 6.92 Å². The van der Waals surface area contributed by atoms with Crippen molar-refractivity contribution in [3.8, 4) is 0 Å². The van der Waals surface area contributed by atoms with Gasteiger partial charge in [0.15, 0.2) is 0 Å². The Morgan fingerprint density at radius 1 is 1.50 bits per heavy atom. The molecule has 5 nitrogen and oxygen atoms in total. The molecule has 16 heavy (non-hydrogen) atoms. The minimum Gasteiger partial charge on any atom is -0.462 e. The molecule has 0 spiro atoms. The summed E-state index contributed by atoms with van der Waals surface area (Å²) in [6, 6.07) is 0. The lowest BCUT2D eigenvalue weighted by molar-refractivity contribution is -0.143. The van der Waals surface area contributed by atoms with Crippen LogP contribution in [0, 0.1) is 5.41 Å². The van der Waals surface area contributed by atoms with Crippen LogP contribution in [0.25, 0.3) is 0 Å². The lowest BCUT2D eigenvalue weighted by atomic mass is 9.88. The Kier molecular flexibility index (Phi) is 7.80. The highest BCUT2D eigenvalue weighted by Crippen LogP contribution is 2.20. The van der Waals surface area contributed by atoms with E-state index in [0.29, 0.717) is 6.42 Å². The van der Waals surface area contributed by atoms with Gasteiger partial charge < -0.3 is 19.7 Å². The van der Waals surface area contributed by atoms with Crippen molar-refractivity contribution in [3.05, 3.63) is 12.7 Å². The van der Waals surface area contributed by atoms with E-state index in [2.05, 4.69) is 11.3 Å². The van der Waals surface area contributed by atoms with Gasteiger partial charge >= 0.3 is 5.97 Å². The third-order valence-electron chi connectivity index (χ3n) is 2.31. The number of epoxide rings is 1. The first kappa shape index (κ1) is 15.1. The maximum atomic E-state index is 10.7. The molecule has 1 aliphatic heterocycles. The van der Waals surface area contributed by atoms with Crippen LogP contribution in [0.1, 0.15) is 13.3 Å². The normalized spacial score (nSPS) is 13.4. The van der Waals surface area contributed by atoms with Gasteiger partial charge in [-0.3, -0.25) is 0 Å². The molecular weight excluding hydrogens is 212 g/mol. The maximum Gasteiger partial charge on any atom is 0.330 e. The van der Waals surface area contributed by atoms with Crippen LogP contribution >= 0.6 is 0 Å². The third kappa shape index (κ3) is 6.55. The number of rotatable bonds is 6. The van der Waals surface area contributed by atoms with Gasteiger partial charge in [-0.1, -0.05) is 13.5 Å². The number of carbonyl (C=O) groups excluding carboxylic acids is 1. The molecule has 94 valence electrons. The molecule has 0 unspecified atom stereocenters. The minimum absolute atomic E-state index is 0.0152. The third-order valence-corrected chi connectivity index (χ3v) is 2.31. The summed E-state index contributed by atoms with van der Waals surface area (Å²) in [5.74, 6) is -0.542. The van der Waals surface area contributed by atoms with Crippen LogP contribution in [-0.2, 0) is 14.3 Å². The van der Waals surface area contributed by atoms with Gasteiger partial charge in [0.25, 0.3) is 0 Å². The fourth-order valence-electron chi connectivity index (χ4n) is 0.750. The maximum absolute atomic E-state index is 10.7. The first-order chi connectivity index (χ1) is 7.64. The van der Waals surface area contributed by atoms with Crippen molar-refractivity contribution >= 4 is 5.97 Å². The molecule has 0 aromatic heterocycles. The smallest absolute Gasteiger partial charge is 0.330 e. The second-order valence-electron chi connectivity index (χ2n) is 3.59. The Morgan fingerprint density at radius 3 is 2.25 bits per heavy atom. The Hall–Kier alpha value is -0.910. The van der Waals surface area contributed by atoms with E-state index >= 15 is 0 Å². The Labute approximate surface area is 95.7 Å². The zero-order valence-corrected chi connectivity index (χ0v) is 9.65. The van der Waals surface area contributed by atoms with E-state index < -0.39 is 11.4 Å². The topological polar surface area (TPSA) is 79.3 Å². The van der Waals surface area contributed by atoms with Gasteiger partial charge in [-0.15, -0.1) is 0 Å². The fraction of sp³-hybridized carbons (Fsp3) is 0.727. The average molecular weight is 232 g/mol. The van der Waals surface area contributed by atoms with Crippen LogP contribution in [0.4, 0.5) is 0 Å². The summed E-state index contributed by atoms with van der Waals surface area (Å²) in [6.45, 7) is 6.66. The summed E-state index contributed by atoms with van der Waals surface area (Å²) in [5.41, 5.74) is -0.724. The Bertz CT molecular complexity index is 197. The number of hydrogen-bond acceptors (Lipinski definition) is 5. The predicted molar refractivity (Wildman–Crippen MR) is 58.9 cm³/mol. The second kappa shape index (κ2) is 8.27. The lowest BCUT2D eigenvalue weighted by Crippen LogP contribution is -2.35. The van der Waals surface area contributed by atoms with E-state index in [-0.39, 0.29) is 19.8 Å². The number of aliphatic hydroxyl groups is 2. The highest BCUT2D eigenvalue weighted by Gasteiger charge is 2.28. The van der Waals surface area contributed by atoms with Crippen molar-refractivity contribution in [1.29, 1.82) is 0 Å². The lowest BCUT2D eigenvalue weighted by Gasteiger charge is -2.27. The van der Waals surface area contributed by atoms with Crippen molar-refractivity contribution in [2.75, 3.05) is 33.0 Å². The monoisotopic (exact) mass is 232 g/mol. The summed E-state index contributed by atoms with van der Waals surface area (Å²) in [6.07, 6.45) is 1.60. The quantitative estimate of drug-likeness (QED) is 0.386. The molecular formula is C11H20O5. The predicted octanol–water partition coefficient (Wildman–Crippen LogP) is 0.113. The standard InChI is InChI=1S/C9H16O4.C2H4O/c1-3-8(12)13-7-9(4-2,5-10)6-11;1-2-3-1/h3,10-11H,1,4-7H2,2H3;1-2H2. The van der Waals surface area contributed by atoms with Crippen molar-refractivity contribution in [2.24, 2.45) is 5.41 Å². The average Bonchev–Trinajstić information content (AvgIpc) is 3.19. The van der Waals surface area contributed by atoms with Crippen molar-refractivity contribution < 1.29 is 24.5 Å². The van der Waals surface area contributed by atoms with Crippen LogP contribution in [0.15, 0.2) is 12.7 Å². The van der Waals surface area contributed by atoms with E-state index in [0.717, 1.165) is 19.3 Å². The van der Waals surface area contributed by atoms with Crippen LogP contribution in [-0.4, -0.2) is 49.2 Å². The van der Waals surface area contributed by atoms with Gasteiger partial charge in [-0.25, -0.2) is 4.79 Å². The van der Waals surface area contributed by atoms with Crippen molar-refractivity contribution in [3.63, 3.8) is 0 Å². The molecule has 1 saturated heterocycles. The summed E-state index contributed by atoms with van der Waals surface area (Å²) < 4.78 is 9.25. The second-order valence-corrected chi connectivity index (χ2v) is 3.59. The molecule has 0 saturated carbocycles. The van der Waals surface area contributed by atoms with Gasteiger partial charge in [0, 0.05) is 6.08 Å². The van der Waals surface area contributed by atoms with Crippen LogP contribution < -0.4 is 0 Å². The van der Waals surface area contributed by atoms with Crippen LogP contribution in [0.5, 0.6) is 0 Å². The van der Waals surface area contributed by atoms with E-state index in [1.54, 1.807) is 0 Å². The van der Waals surface area contributed by atoms with Crippen molar-refractivity contribution in [2.45, 2.75) is 13.3 Å². The van der Waals surface area contributed by atoms with Crippen LogP contribution in [0.2, 0.25) is 0 Å².